The summed E-state index contributed by atoms with van der Waals surface area (Å²) in [7, 11) is 0. The Bertz CT molecular complexity index is 541. The number of hydrogen-bond donors (Lipinski definition) is 0. The third kappa shape index (κ3) is 4.51. The van der Waals surface area contributed by atoms with E-state index in [9.17, 15) is 0 Å². The third-order valence-corrected chi connectivity index (χ3v) is 5.23. The lowest BCUT2D eigenvalue weighted by atomic mass is 10.4. The number of morpholine rings is 1. The molecule has 0 radical (unpaired) electrons. The highest BCUT2D eigenvalue weighted by Gasteiger charge is 2.10. The lowest BCUT2D eigenvalue weighted by molar-refractivity contribution is 0.0410. The van der Waals surface area contributed by atoms with Crippen molar-refractivity contribution in [3.05, 3.63) is 35.5 Å². The standard InChI is InChI=1S/C15H19N3OS2/c1-2-4-16-14(3-1)15-17-13(12-21-15)11-20-10-7-18-5-8-19-9-6-18/h1-4,12H,5-11H2. The largest absolute Gasteiger partial charge is 0.379 e. The molecule has 0 aromatic carbocycles. The first-order valence-corrected chi connectivity index (χ1v) is 9.19. The second kappa shape index (κ2) is 7.89. The van der Waals surface area contributed by atoms with Crippen molar-refractivity contribution in [2.75, 3.05) is 38.6 Å². The first kappa shape index (κ1) is 15.0. The fraction of sp³-hybridized carbons (Fsp3) is 0.467. The summed E-state index contributed by atoms with van der Waals surface area (Å²) in [6.45, 7) is 5.04. The van der Waals surface area contributed by atoms with Crippen LogP contribution in [0.4, 0.5) is 0 Å². The second-order valence-corrected chi connectivity index (χ2v) is 6.83. The first-order valence-electron chi connectivity index (χ1n) is 7.15. The third-order valence-electron chi connectivity index (χ3n) is 3.34. The quantitative estimate of drug-likeness (QED) is 0.765. The normalized spacial score (nSPS) is 16.2. The molecule has 4 nitrogen and oxygen atoms in total. The molecule has 1 aliphatic heterocycles. The summed E-state index contributed by atoms with van der Waals surface area (Å²) >= 11 is 3.62. The Kier molecular flexibility index (Phi) is 5.62. The van der Waals surface area contributed by atoms with E-state index in [1.807, 2.05) is 36.2 Å². The van der Waals surface area contributed by atoms with E-state index in [1.54, 1.807) is 11.3 Å². The Hall–Kier alpha value is -0.950. The van der Waals surface area contributed by atoms with Crippen LogP contribution in [0.3, 0.4) is 0 Å². The van der Waals surface area contributed by atoms with Crippen molar-refractivity contribution in [2.45, 2.75) is 5.75 Å². The number of pyridine rings is 1. The van der Waals surface area contributed by atoms with Gasteiger partial charge in [-0.25, -0.2) is 4.98 Å². The van der Waals surface area contributed by atoms with Crippen LogP contribution in [0.15, 0.2) is 29.8 Å². The molecule has 0 atom stereocenters. The molecule has 0 saturated carbocycles. The van der Waals surface area contributed by atoms with E-state index in [1.165, 1.54) is 0 Å². The van der Waals surface area contributed by atoms with Gasteiger partial charge in [-0.2, -0.15) is 11.8 Å². The van der Waals surface area contributed by atoms with Gasteiger partial charge in [0.25, 0.3) is 0 Å². The van der Waals surface area contributed by atoms with Gasteiger partial charge in [0.05, 0.1) is 24.6 Å². The van der Waals surface area contributed by atoms with Gasteiger partial charge in [0, 0.05) is 42.7 Å². The van der Waals surface area contributed by atoms with Gasteiger partial charge in [0.1, 0.15) is 5.01 Å². The van der Waals surface area contributed by atoms with E-state index in [-0.39, 0.29) is 0 Å². The van der Waals surface area contributed by atoms with Crippen LogP contribution < -0.4 is 0 Å². The second-order valence-electron chi connectivity index (χ2n) is 4.87. The number of hydrogen-bond acceptors (Lipinski definition) is 6. The molecule has 0 amide bonds. The van der Waals surface area contributed by atoms with Crippen molar-refractivity contribution in [3.8, 4) is 10.7 Å². The molecule has 21 heavy (non-hydrogen) atoms. The fourth-order valence-corrected chi connectivity index (χ4v) is 3.96. The van der Waals surface area contributed by atoms with Crippen molar-refractivity contribution in [2.24, 2.45) is 0 Å². The van der Waals surface area contributed by atoms with Crippen LogP contribution in [0.1, 0.15) is 5.69 Å². The summed E-state index contributed by atoms with van der Waals surface area (Å²) in [5, 5.41) is 3.16. The predicted molar refractivity (Wildman–Crippen MR) is 88.8 cm³/mol. The van der Waals surface area contributed by atoms with Crippen LogP contribution in [0.2, 0.25) is 0 Å². The number of ether oxygens (including phenoxy) is 1. The summed E-state index contributed by atoms with van der Waals surface area (Å²) in [4.78, 5) is 11.5. The van der Waals surface area contributed by atoms with Gasteiger partial charge in [-0.15, -0.1) is 11.3 Å². The molecule has 0 aliphatic carbocycles. The molecule has 3 heterocycles. The molecule has 6 heteroatoms. The Labute approximate surface area is 133 Å². The van der Waals surface area contributed by atoms with E-state index in [2.05, 4.69) is 20.2 Å². The molecular formula is C15H19N3OS2. The van der Waals surface area contributed by atoms with Gasteiger partial charge in [0.2, 0.25) is 0 Å². The molecule has 112 valence electrons. The topological polar surface area (TPSA) is 38.2 Å². The van der Waals surface area contributed by atoms with Crippen LogP contribution in [-0.4, -0.2) is 53.5 Å². The molecule has 0 unspecified atom stereocenters. The maximum atomic E-state index is 5.36. The zero-order valence-corrected chi connectivity index (χ0v) is 13.5. The maximum Gasteiger partial charge on any atom is 0.142 e. The molecule has 0 bridgehead atoms. The van der Waals surface area contributed by atoms with Crippen molar-refractivity contribution >= 4 is 23.1 Å². The van der Waals surface area contributed by atoms with Crippen LogP contribution >= 0.6 is 23.1 Å². The smallest absolute Gasteiger partial charge is 0.142 e. The lowest BCUT2D eigenvalue weighted by Gasteiger charge is -2.26. The summed E-state index contributed by atoms with van der Waals surface area (Å²) in [6, 6.07) is 5.94. The molecular weight excluding hydrogens is 302 g/mol. The predicted octanol–water partition coefficient (Wildman–Crippen LogP) is 2.77. The molecule has 1 saturated heterocycles. The minimum absolute atomic E-state index is 0.879. The summed E-state index contributed by atoms with van der Waals surface area (Å²) < 4.78 is 5.36. The number of thioether (sulfide) groups is 1. The van der Waals surface area contributed by atoms with E-state index >= 15 is 0 Å². The summed E-state index contributed by atoms with van der Waals surface area (Å²) in [5.74, 6) is 2.13. The fourth-order valence-electron chi connectivity index (χ4n) is 2.18. The molecule has 3 rings (SSSR count). The van der Waals surface area contributed by atoms with Gasteiger partial charge in [-0.05, 0) is 12.1 Å². The summed E-state index contributed by atoms with van der Waals surface area (Å²) in [6.07, 6.45) is 1.81. The Morgan fingerprint density at radius 2 is 2.19 bits per heavy atom. The molecule has 1 fully saturated rings. The maximum absolute atomic E-state index is 5.36. The Morgan fingerprint density at radius 1 is 1.29 bits per heavy atom. The van der Waals surface area contributed by atoms with Crippen molar-refractivity contribution in [3.63, 3.8) is 0 Å². The minimum Gasteiger partial charge on any atom is -0.379 e. The van der Waals surface area contributed by atoms with Crippen molar-refractivity contribution in [1.29, 1.82) is 0 Å². The first-order chi connectivity index (χ1) is 10.4. The number of rotatable bonds is 6. The van der Waals surface area contributed by atoms with E-state index in [0.717, 1.165) is 60.7 Å². The van der Waals surface area contributed by atoms with Gasteiger partial charge in [-0.3, -0.25) is 9.88 Å². The van der Waals surface area contributed by atoms with Crippen molar-refractivity contribution < 1.29 is 4.74 Å². The zero-order valence-electron chi connectivity index (χ0n) is 11.9. The van der Waals surface area contributed by atoms with Gasteiger partial charge in [0.15, 0.2) is 0 Å². The number of nitrogens with zero attached hydrogens (tertiary/aromatic N) is 3. The van der Waals surface area contributed by atoms with Crippen molar-refractivity contribution in [1.82, 2.24) is 14.9 Å². The number of thiazole rings is 1. The van der Waals surface area contributed by atoms with Crippen LogP contribution in [0, 0.1) is 0 Å². The minimum atomic E-state index is 0.879. The monoisotopic (exact) mass is 321 g/mol. The Morgan fingerprint density at radius 3 is 3.00 bits per heavy atom. The van der Waals surface area contributed by atoms with E-state index in [0.29, 0.717) is 0 Å². The molecule has 2 aromatic heterocycles. The van der Waals surface area contributed by atoms with Crippen LogP contribution in [-0.2, 0) is 10.5 Å². The average Bonchev–Trinajstić information content (AvgIpc) is 3.02. The van der Waals surface area contributed by atoms with E-state index in [4.69, 9.17) is 4.74 Å². The highest BCUT2D eigenvalue weighted by Crippen LogP contribution is 2.23. The Balaban J connectivity index is 1.42. The zero-order chi connectivity index (χ0) is 14.3. The van der Waals surface area contributed by atoms with Crippen LogP contribution in [0.5, 0.6) is 0 Å². The van der Waals surface area contributed by atoms with Gasteiger partial charge >= 0.3 is 0 Å². The molecule has 0 spiro atoms. The molecule has 1 aliphatic rings. The lowest BCUT2D eigenvalue weighted by Crippen LogP contribution is -2.37. The van der Waals surface area contributed by atoms with Gasteiger partial charge < -0.3 is 4.74 Å². The van der Waals surface area contributed by atoms with Crippen LogP contribution in [0.25, 0.3) is 10.7 Å². The van der Waals surface area contributed by atoms with Gasteiger partial charge in [-0.1, -0.05) is 6.07 Å². The average molecular weight is 321 g/mol. The highest BCUT2D eigenvalue weighted by atomic mass is 32.2. The molecule has 0 N–H and O–H groups in total. The number of aromatic nitrogens is 2. The highest BCUT2D eigenvalue weighted by molar-refractivity contribution is 7.98. The van der Waals surface area contributed by atoms with E-state index < -0.39 is 0 Å². The SMILES string of the molecule is c1ccc(-c2nc(CSCCN3CCOCC3)cs2)nc1. The summed E-state index contributed by atoms with van der Waals surface area (Å²) in [5.41, 5.74) is 2.12. The molecule has 2 aromatic rings.